The molecule has 0 radical (unpaired) electrons. The summed E-state index contributed by atoms with van der Waals surface area (Å²) in [5.41, 5.74) is 6.44. The van der Waals surface area contributed by atoms with Crippen molar-refractivity contribution in [1.82, 2.24) is 4.90 Å². The molecule has 0 heterocycles. The standard InChI is InChI=1S/C14H22ClN3O2/c1-19-8-7-18(6-5-14(16)17)10-11-9-12(15)3-4-13(11)20-2/h3-4,9H,5-8,10H2,1-2H3,(H3,16,17). The van der Waals surface area contributed by atoms with E-state index in [9.17, 15) is 0 Å². The fourth-order valence-corrected chi connectivity index (χ4v) is 2.08. The van der Waals surface area contributed by atoms with Crippen LogP contribution in [-0.2, 0) is 11.3 Å². The Morgan fingerprint density at radius 3 is 2.70 bits per heavy atom. The Labute approximate surface area is 125 Å². The van der Waals surface area contributed by atoms with Gasteiger partial charge in [0.05, 0.1) is 19.6 Å². The maximum absolute atomic E-state index is 7.33. The Kier molecular flexibility index (Phi) is 7.36. The molecule has 1 aromatic rings. The Morgan fingerprint density at radius 1 is 1.35 bits per heavy atom. The van der Waals surface area contributed by atoms with Gasteiger partial charge in [0.2, 0.25) is 0 Å². The van der Waals surface area contributed by atoms with Gasteiger partial charge in [-0.3, -0.25) is 10.3 Å². The predicted molar refractivity (Wildman–Crippen MR) is 81.7 cm³/mol. The molecule has 0 aliphatic heterocycles. The van der Waals surface area contributed by atoms with Gasteiger partial charge in [-0.05, 0) is 18.2 Å². The van der Waals surface area contributed by atoms with E-state index in [1.807, 2.05) is 12.1 Å². The van der Waals surface area contributed by atoms with Gasteiger partial charge >= 0.3 is 0 Å². The van der Waals surface area contributed by atoms with Crippen molar-refractivity contribution in [2.75, 3.05) is 33.9 Å². The van der Waals surface area contributed by atoms with E-state index in [0.717, 1.165) is 17.9 Å². The van der Waals surface area contributed by atoms with Crippen molar-refractivity contribution >= 4 is 17.4 Å². The summed E-state index contributed by atoms with van der Waals surface area (Å²) in [4.78, 5) is 2.17. The summed E-state index contributed by atoms with van der Waals surface area (Å²) in [6.45, 7) is 2.77. The Morgan fingerprint density at radius 2 is 2.10 bits per heavy atom. The number of hydrogen-bond acceptors (Lipinski definition) is 4. The minimum absolute atomic E-state index is 0.186. The number of nitrogens with one attached hydrogen (secondary N) is 1. The number of amidine groups is 1. The molecule has 0 saturated carbocycles. The normalized spacial score (nSPS) is 10.8. The number of hydrogen-bond donors (Lipinski definition) is 2. The zero-order valence-corrected chi connectivity index (χ0v) is 12.7. The van der Waals surface area contributed by atoms with Crippen LogP contribution >= 0.6 is 11.6 Å². The number of nitrogens with zero attached hydrogens (tertiary/aromatic N) is 1. The lowest BCUT2D eigenvalue weighted by Crippen LogP contribution is -2.30. The van der Waals surface area contributed by atoms with Crippen molar-refractivity contribution in [3.63, 3.8) is 0 Å². The number of rotatable bonds is 9. The van der Waals surface area contributed by atoms with Crippen LogP contribution in [0.4, 0.5) is 0 Å². The number of benzene rings is 1. The maximum atomic E-state index is 7.33. The van der Waals surface area contributed by atoms with Crippen LogP contribution in [0.15, 0.2) is 18.2 Å². The number of methoxy groups -OCH3 is 2. The lowest BCUT2D eigenvalue weighted by Gasteiger charge is -2.23. The monoisotopic (exact) mass is 299 g/mol. The van der Waals surface area contributed by atoms with Gasteiger partial charge in [0.25, 0.3) is 0 Å². The molecule has 112 valence electrons. The smallest absolute Gasteiger partial charge is 0.123 e. The summed E-state index contributed by atoms with van der Waals surface area (Å²) in [6.07, 6.45) is 0.534. The quantitative estimate of drug-likeness (QED) is 0.541. The molecule has 0 unspecified atom stereocenters. The lowest BCUT2D eigenvalue weighted by molar-refractivity contribution is 0.145. The van der Waals surface area contributed by atoms with Gasteiger partial charge in [-0.2, -0.15) is 0 Å². The van der Waals surface area contributed by atoms with Gasteiger partial charge < -0.3 is 15.2 Å². The van der Waals surface area contributed by atoms with Gasteiger partial charge in [0.1, 0.15) is 5.75 Å². The van der Waals surface area contributed by atoms with Crippen LogP contribution in [0.5, 0.6) is 5.75 Å². The lowest BCUT2D eigenvalue weighted by atomic mass is 10.2. The second-order valence-electron chi connectivity index (χ2n) is 4.50. The zero-order valence-electron chi connectivity index (χ0n) is 12.0. The molecule has 5 nitrogen and oxygen atoms in total. The summed E-state index contributed by atoms with van der Waals surface area (Å²) in [5.74, 6) is 0.991. The van der Waals surface area contributed by atoms with Crippen molar-refractivity contribution < 1.29 is 9.47 Å². The van der Waals surface area contributed by atoms with E-state index in [1.54, 1.807) is 20.3 Å². The fourth-order valence-electron chi connectivity index (χ4n) is 1.88. The van der Waals surface area contributed by atoms with Crippen molar-refractivity contribution in [2.45, 2.75) is 13.0 Å². The Bertz CT molecular complexity index is 440. The molecule has 0 aliphatic carbocycles. The van der Waals surface area contributed by atoms with Crippen LogP contribution in [0.2, 0.25) is 5.02 Å². The average molecular weight is 300 g/mol. The highest BCUT2D eigenvalue weighted by Gasteiger charge is 2.11. The number of halogens is 1. The van der Waals surface area contributed by atoms with Crippen LogP contribution < -0.4 is 10.5 Å². The molecule has 20 heavy (non-hydrogen) atoms. The van der Waals surface area contributed by atoms with E-state index >= 15 is 0 Å². The first-order valence-corrected chi connectivity index (χ1v) is 6.81. The molecule has 3 N–H and O–H groups in total. The molecule has 0 bridgehead atoms. The Hall–Kier alpha value is -1.30. The molecular formula is C14H22ClN3O2. The van der Waals surface area contributed by atoms with E-state index in [4.69, 9.17) is 32.2 Å². The predicted octanol–water partition coefficient (Wildman–Crippen LogP) is 2.12. The molecule has 0 saturated heterocycles. The first-order chi connectivity index (χ1) is 9.56. The minimum Gasteiger partial charge on any atom is -0.496 e. The van der Waals surface area contributed by atoms with Crippen molar-refractivity contribution in [1.29, 1.82) is 5.41 Å². The van der Waals surface area contributed by atoms with E-state index < -0.39 is 0 Å². The number of ether oxygens (including phenoxy) is 2. The average Bonchev–Trinajstić information content (AvgIpc) is 2.42. The second-order valence-corrected chi connectivity index (χ2v) is 4.94. The maximum Gasteiger partial charge on any atom is 0.123 e. The summed E-state index contributed by atoms with van der Waals surface area (Å²) in [5, 5.41) is 8.01. The third kappa shape index (κ3) is 5.77. The molecule has 0 amide bonds. The van der Waals surface area contributed by atoms with Gasteiger partial charge in [-0.15, -0.1) is 0 Å². The zero-order chi connectivity index (χ0) is 15.0. The SMILES string of the molecule is COCCN(CCC(=N)N)Cc1cc(Cl)ccc1OC. The fraction of sp³-hybridized carbons (Fsp3) is 0.500. The van der Waals surface area contributed by atoms with Gasteiger partial charge in [0, 0.05) is 43.8 Å². The van der Waals surface area contributed by atoms with Crippen LogP contribution in [-0.4, -0.2) is 44.7 Å². The van der Waals surface area contributed by atoms with E-state index in [-0.39, 0.29) is 5.84 Å². The first-order valence-electron chi connectivity index (χ1n) is 6.43. The topological polar surface area (TPSA) is 71.6 Å². The highest BCUT2D eigenvalue weighted by molar-refractivity contribution is 6.30. The van der Waals surface area contributed by atoms with Crippen LogP contribution in [0.3, 0.4) is 0 Å². The molecule has 1 aromatic carbocycles. The van der Waals surface area contributed by atoms with Gasteiger partial charge in [0.15, 0.2) is 0 Å². The van der Waals surface area contributed by atoms with Crippen LogP contribution in [0.1, 0.15) is 12.0 Å². The van der Waals surface area contributed by atoms with Crippen molar-refractivity contribution in [2.24, 2.45) is 5.73 Å². The summed E-state index contributed by atoms with van der Waals surface area (Å²) >= 11 is 6.04. The minimum atomic E-state index is 0.186. The van der Waals surface area contributed by atoms with E-state index in [0.29, 0.717) is 31.1 Å². The third-order valence-electron chi connectivity index (χ3n) is 2.95. The largest absolute Gasteiger partial charge is 0.496 e. The number of nitrogens with two attached hydrogens (primary N) is 1. The van der Waals surface area contributed by atoms with E-state index in [2.05, 4.69) is 4.90 Å². The van der Waals surface area contributed by atoms with Crippen molar-refractivity contribution in [3.8, 4) is 5.75 Å². The molecular weight excluding hydrogens is 278 g/mol. The molecule has 1 rings (SSSR count). The molecule has 0 aromatic heterocycles. The Balaban J connectivity index is 2.76. The molecule has 0 atom stereocenters. The molecule has 0 aliphatic rings. The van der Waals surface area contributed by atoms with E-state index in [1.165, 1.54) is 0 Å². The second kappa shape index (κ2) is 8.79. The summed E-state index contributed by atoms with van der Waals surface area (Å²) < 4.78 is 10.5. The third-order valence-corrected chi connectivity index (χ3v) is 3.18. The highest BCUT2D eigenvalue weighted by atomic mass is 35.5. The summed E-state index contributed by atoms with van der Waals surface area (Å²) in [6, 6.07) is 5.56. The van der Waals surface area contributed by atoms with Crippen LogP contribution in [0.25, 0.3) is 0 Å². The van der Waals surface area contributed by atoms with Crippen LogP contribution in [0, 0.1) is 5.41 Å². The molecule has 0 spiro atoms. The highest BCUT2D eigenvalue weighted by Crippen LogP contribution is 2.24. The van der Waals surface area contributed by atoms with Gasteiger partial charge in [-0.25, -0.2) is 0 Å². The molecule has 0 fully saturated rings. The summed E-state index contributed by atoms with van der Waals surface area (Å²) in [7, 11) is 3.31. The molecule has 6 heteroatoms. The first kappa shape index (κ1) is 16.8. The van der Waals surface area contributed by atoms with Gasteiger partial charge in [-0.1, -0.05) is 11.6 Å². The van der Waals surface area contributed by atoms with Crippen molar-refractivity contribution in [3.05, 3.63) is 28.8 Å².